The van der Waals surface area contributed by atoms with Crippen molar-refractivity contribution in [2.45, 2.75) is 0 Å². The number of pyridine rings is 1. The van der Waals surface area contributed by atoms with Gasteiger partial charge in [0, 0.05) is 6.20 Å². The highest BCUT2D eigenvalue weighted by molar-refractivity contribution is 5.90. The molecule has 0 fully saturated rings. The number of nitriles is 1. The summed E-state index contributed by atoms with van der Waals surface area (Å²) >= 11 is 0. The number of benzene rings is 1. The van der Waals surface area contributed by atoms with Gasteiger partial charge >= 0.3 is 5.97 Å². The van der Waals surface area contributed by atoms with Gasteiger partial charge in [-0.25, -0.2) is 4.79 Å². The number of carbonyl (C=O) groups is 1. The Morgan fingerprint density at radius 2 is 2.06 bits per heavy atom. The zero-order valence-electron chi connectivity index (χ0n) is 9.20. The molecule has 1 N–H and O–H groups in total. The molecule has 18 heavy (non-hydrogen) atoms. The lowest BCUT2D eigenvalue weighted by atomic mass is 10.2. The third-order valence-corrected chi connectivity index (χ3v) is 2.24. The fourth-order valence-electron chi connectivity index (χ4n) is 1.40. The first-order chi connectivity index (χ1) is 8.72. The second-order valence-corrected chi connectivity index (χ2v) is 3.39. The topological polar surface area (TPSA) is 83.2 Å². The Kier molecular flexibility index (Phi) is 3.21. The molecular formula is C13H8N2O3. The van der Waals surface area contributed by atoms with Crippen molar-refractivity contribution in [3.8, 4) is 17.6 Å². The van der Waals surface area contributed by atoms with E-state index in [0.717, 1.165) is 0 Å². The summed E-state index contributed by atoms with van der Waals surface area (Å²) in [6.45, 7) is 0. The summed E-state index contributed by atoms with van der Waals surface area (Å²) in [6, 6.07) is 9.90. The van der Waals surface area contributed by atoms with Crippen LogP contribution in [0.5, 0.6) is 11.5 Å². The second-order valence-electron chi connectivity index (χ2n) is 3.39. The standard InChI is InChI=1S/C13H8N2O3/c14-7-9-3-1-2-4-11(9)18-12-8-15-6-5-10(12)13(16)17/h1-6,8H,(H,16,17). The van der Waals surface area contributed by atoms with Crippen molar-refractivity contribution >= 4 is 5.97 Å². The maximum atomic E-state index is 11.0. The molecule has 5 heteroatoms. The molecule has 0 atom stereocenters. The number of para-hydroxylation sites is 1. The molecule has 0 unspecified atom stereocenters. The number of ether oxygens (including phenoxy) is 1. The number of hydrogen-bond acceptors (Lipinski definition) is 4. The van der Waals surface area contributed by atoms with Gasteiger partial charge in [-0.15, -0.1) is 0 Å². The van der Waals surface area contributed by atoms with Gasteiger partial charge in [-0.3, -0.25) is 4.98 Å². The summed E-state index contributed by atoms with van der Waals surface area (Å²) < 4.78 is 5.43. The highest BCUT2D eigenvalue weighted by Gasteiger charge is 2.13. The lowest BCUT2D eigenvalue weighted by Gasteiger charge is -2.08. The second kappa shape index (κ2) is 4.97. The van der Waals surface area contributed by atoms with Crippen LogP contribution >= 0.6 is 0 Å². The van der Waals surface area contributed by atoms with Gasteiger partial charge in [-0.05, 0) is 18.2 Å². The molecule has 0 radical (unpaired) electrons. The number of rotatable bonds is 3. The van der Waals surface area contributed by atoms with Gasteiger partial charge < -0.3 is 9.84 Å². The smallest absolute Gasteiger partial charge is 0.339 e. The van der Waals surface area contributed by atoms with Gasteiger partial charge in [0.05, 0.1) is 11.8 Å². The Hall–Kier alpha value is -2.87. The Balaban J connectivity index is 2.41. The number of carboxylic acid groups (broad SMARTS) is 1. The number of aromatic carboxylic acids is 1. The minimum Gasteiger partial charge on any atom is -0.478 e. The van der Waals surface area contributed by atoms with Gasteiger partial charge in [0.1, 0.15) is 17.4 Å². The quantitative estimate of drug-likeness (QED) is 0.890. The normalized spacial score (nSPS) is 9.50. The monoisotopic (exact) mass is 240 g/mol. The third kappa shape index (κ3) is 2.28. The lowest BCUT2D eigenvalue weighted by molar-refractivity contribution is 0.0694. The van der Waals surface area contributed by atoms with Crippen LogP contribution in [0.2, 0.25) is 0 Å². The molecule has 1 heterocycles. The van der Waals surface area contributed by atoms with E-state index < -0.39 is 5.97 Å². The van der Waals surface area contributed by atoms with E-state index in [1.807, 2.05) is 6.07 Å². The van der Waals surface area contributed by atoms with Crippen LogP contribution in [-0.2, 0) is 0 Å². The minimum atomic E-state index is -1.11. The molecule has 0 bridgehead atoms. The van der Waals surface area contributed by atoms with Gasteiger partial charge in [0.25, 0.3) is 0 Å². The maximum absolute atomic E-state index is 11.0. The predicted octanol–water partition coefficient (Wildman–Crippen LogP) is 2.44. The van der Waals surface area contributed by atoms with Crippen molar-refractivity contribution < 1.29 is 14.6 Å². The zero-order chi connectivity index (χ0) is 13.0. The lowest BCUT2D eigenvalue weighted by Crippen LogP contribution is -2.00. The third-order valence-electron chi connectivity index (χ3n) is 2.24. The first-order valence-corrected chi connectivity index (χ1v) is 5.06. The summed E-state index contributed by atoms with van der Waals surface area (Å²) in [4.78, 5) is 14.8. The molecular weight excluding hydrogens is 232 g/mol. The van der Waals surface area contributed by atoms with Crippen LogP contribution < -0.4 is 4.74 Å². The maximum Gasteiger partial charge on any atom is 0.339 e. The van der Waals surface area contributed by atoms with E-state index >= 15 is 0 Å². The summed E-state index contributed by atoms with van der Waals surface area (Å²) in [5, 5.41) is 17.9. The molecule has 0 saturated heterocycles. The van der Waals surface area contributed by atoms with Crippen LogP contribution in [0.1, 0.15) is 15.9 Å². The van der Waals surface area contributed by atoms with Crippen LogP contribution in [-0.4, -0.2) is 16.1 Å². The van der Waals surface area contributed by atoms with Crippen LogP contribution in [0.25, 0.3) is 0 Å². The molecule has 0 spiro atoms. The van der Waals surface area contributed by atoms with Crippen molar-refractivity contribution in [1.29, 1.82) is 5.26 Å². The SMILES string of the molecule is N#Cc1ccccc1Oc1cnccc1C(=O)O. The molecule has 2 rings (SSSR count). The van der Waals surface area contributed by atoms with E-state index in [4.69, 9.17) is 15.1 Å². The van der Waals surface area contributed by atoms with E-state index in [-0.39, 0.29) is 11.3 Å². The molecule has 0 aliphatic carbocycles. The molecule has 0 aliphatic heterocycles. The molecule has 2 aromatic rings. The van der Waals surface area contributed by atoms with Gasteiger partial charge in [-0.2, -0.15) is 5.26 Å². The first-order valence-electron chi connectivity index (χ1n) is 5.06. The Labute approximate surface area is 103 Å². The molecule has 0 aliphatic rings. The molecule has 1 aromatic heterocycles. The molecule has 0 amide bonds. The number of aromatic nitrogens is 1. The van der Waals surface area contributed by atoms with E-state index in [0.29, 0.717) is 11.3 Å². The molecule has 0 saturated carbocycles. The highest BCUT2D eigenvalue weighted by Crippen LogP contribution is 2.26. The van der Waals surface area contributed by atoms with Crippen molar-refractivity contribution in [1.82, 2.24) is 4.98 Å². The largest absolute Gasteiger partial charge is 0.478 e. The predicted molar refractivity (Wildman–Crippen MR) is 62.4 cm³/mol. The van der Waals surface area contributed by atoms with Crippen molar-refractivity contribution in [3.05, 3.63) is 53.9 Å². The zero-order valence-corrected chi connectivity index (χ0v) is 9.20. The first kappa shape index (κ1) is 11.6. The van der Waals surface area contributed by atoms with Crippen LogP contribution in [0.4, 0.5) is 0 Å². The average molecular weight is 240 g/mol. The van der Waals surface area contributed by atoms with Crippen LogP contribution in [0, 0.1) is 11.3 Å². The Bertz CT molecular complexity index is 632. The number of carboxylic acids is 1. The van der Waals surface area contributed by atoms with E-state index in [1.165, 1.54) is 18.5 Å². The van der Waals surface area contributed by atoms with Crippen molar-refractivity contribution in [3.63, 3.8) is 0 Å². The van der Waals surface area contributed by atoms with Crippen LogP contribution in [0.3, 0.4) is 0 Å². The fourth-order valence-corrected chi connectivity index (χ4v) is 1.40. The fraction of sp³-hybridized carbons (Fsp3) is 0. The molecule has 88 valence electrons. The summed E-state index contributed by atoms with van der Waals surface area (Å²) in [6.07, 6.45) is 2.67. The van der Waals surface area contributed by atoms with E-state index in [1.54, 1.807) is 24.3 Å². The van der Waals surface area contributed by atoms with Crippen molar-refractivity contribution in [2.24, 2.45) is 0 Å². The van der Waals surface area contributed by atoms with E-state index in [9.17, 15) is 4.79 Å². The highest BCUT2D eigenvalue weighted by atomic mass is 16.5. The summed E-state index contributed by atoms with van der Waals surface area (Å²) in [5.74, 6) is -0.704. The van der Waals surface area contributed by atoms with Gasteiger partial charge in [0.2, 0.25) is 0 Å². The molecule has 5 nitrogen and oxygen atoms in total. The van der Waals surface area contributed by atoms with Gasteiger partial charge in [-0.1, -0.05) is 12.1 Å². The number of hydrogen-bond donors (Lipinski definition) is 1. The summed E-state index contributed by atoms with van der Waals surface area (Å²) in [5.41, 5.74) is 0.329. The van der Waals surface area contributed by atoms with Crippen LogP contribution in [0.15, 0.2) is 42.7 Å². The molecule has 1 aromatic carbocycles. The Morgan fingerprint density at radius 1 is 1.28 bits per heavy atom. The minimum absolute atomic E-state index is 0.00209. The van der Waals surface area contributed by atoms with E-state index in [2.05, 4.69) is 4.98 Å². The average Bonchev–Trinajstić information content (AvgIpc) is 2.40. The Morgan fingerprint density at radius 3 is 2.78 bits per heavy atom. The number of nitrogens with zero attached hydrogens (tertiary/aromatic N) is 2. The van der Waals surface area contributed by atoms with Gasteiger partial charge in [0.15, 0.2) is 5.75 Å². The van der Waals surface area contributed by atoms with Crippen molar-refractivity contribution in [2.75, 3.05) is 0 Å². The summed E-state index contributed by atoms with van der Waals surface area (Å²) in [7, 11) is 0.